The van der Waals surface area contributed by atoms with E-state index in [2.05, 4.69) is 4.98 Å². The zero-order valence-corrected chi connectivity index (χ0v) is 20.0. The summed E-state index contributed by atoms with van der Waals surface area (Å²) < 4.78 is 22.9. The Morgan fingerprint density at radius 3 is 2.40 bits per heavy atom. The molecule has 0 radical (unpaired) electrons. The fourth-order valence-electron chi connectivity index (χ4n) is 3.52. The maximum atomic E-state index is 13.7. The summed E-state index contributed by atoms with van der Waals surface area (Å²) in [6.45, 7) is 6.71. The number of hydrogen-bond acceptors (Lipinski definition) is 6. The molecule has 0 saturated carbocycles. The number of hydrogen-bond donors (Lipinski definition) is 0. The standard InChI is InChI=1S/C29H27NO5/c1-4-17-34-22-14-12-21(13-15-22)28(31)23(29-30-24-9-7-8-10-25(24)35-29)18-20-11-16-26(32-5-2)27(19-20)33-6-3/h4,7-19H,5-6H2,1-3H3/b17-4+,23-18+. The summed E-state index contributed by atoms with van der Waals surface area (Å²) in [6.07, 6.45) is 5.14. The van der Waals surface area contributed by atoms with Crippen molar-refractivity contribution in [1.82, 2.24) is 4.98 Å². The van der Waals surface area contributed by atoms with Gasteiger partial charge in [-0.05, 0) is 80.9 Å². The second-order valence-electron chi connectivity index (χ2n) is 7.56. The number of oxazole rings is 1. The first-order valence-corrected chi connectivity index (χ1v) is 11.5. The molecule has 6 heteroatoms. The maximum Gasteiger partial charge on any atom is 0.231 e. The largest absolute Gasteiger partial charge is 0.490 e. The van der Waals surface area contributed by atoms with Crippen LogP contribution in [0, 0.1) is 0 Å². The van der Waals surface area contributed by atoms with E-state index < -0.39 is 0 Å². The number of allylic oxidation sites excluding steroid dienone is 2. The first-order chi connectivity index (χ1) is 17.1. The Hall–Kier alpha value is -4.32. The van der Waals surface area contributed by atoms with Crippen LogP contribution in [0.15, 0.2) is 83.5 Å². The van der Waals surface area contributed by atoms with Crippen molar-refractivity contribution in [3.63, 3.8) is 0 Å². The third-order valence-electron chi connectivity index (χ3n) is 5.10. The zero-order chi connectivity index (χ0) is 24.6. The molecular weight excluding hydrogens is 442 g/mol. The van der Waals surface area contributed by atoms with Crippen LogP contribution in [0.4, 0.5) is 0 Å². The van der Waals surface area contributed by atoms with Gasteiger partial charge in [-0.25, -0.2) is 4.98 Å². The van der Waals surface area contributed by atoms with Crippen LogP contribution in [-0.4, -0.2) is 24.0 Å². The molecule has 0 unspecified atom stereocenters. The molecule has 0 aliphatic heterocycles. The Balaban J connectivity index is 1.78. The zero-order valence-electron chi connectivity index (χ0n) is 20.0. The molecule has 0 N–H and O–H groups in total. The van der Waals surface area contributed by atoms with Gasteiger partial charge >= 0.3 is 0 Å². The minimum atomic E-state index is -0.221. The van der Waals surface area contributed by atoms with Gasteiger partial charge in [-0.2, -0.15) is 0 Å². The van der Waals surface area contributed by atoms with Crippen LogP contribution in [0.2, 0.25) is 0 Å². The van der Waals surface area contributed by atoms with E-state index in [1.54, 1.807) is 42.7 Å². The number of Topliss-reactive ketones (excluding diaryl/α,β-unsaturated/α-hetero) is 1. The molecule has 4 aromatic rings. The summed E-state index contributed by atoms with van der Waals surface area (Å²) in [5.74, 6) is 1.93. The second-order valence-corrected chi connectivity index (χ2v) is 7.56. The molecule has 0 atom stereocenters. The Kier molecular flexibility index (Phi) is 7.63. The van der Waals surface area contributed by atoms with Crippen molar-refractivity contribution < 1.29 is 23.4 Å². The Bertz CT molecular complexity index is 1330. The van der Waals surface area contributed by atoms with Gasteiger partial charge in [0.15, 0.2) is 22.9 Å². The Morgan fingerprint density at radius 2 is 1.69 bits per heavy atom. The fraction of sp³-hybridized carbons (Fsp3) is 0.172. The molecule has 0 amide bonds. The first kappa shape index (κ1) is 23.8. The second kappa shape index (κ2) is 11.2. The van der Waals surface area contributed by atoms with E-state index >= 15 is 0 Å². The van der Waals surface area contributed by atoms with Crippen LogP contribution >= 0.6 is 0 Å². The monoisotopic (exact) mass is 469 g/mol. The van der Waals surface area contributed by atoms with Gasteiger partial charge < -0.3 is 18.6 Å². The van der Waals surface area contributed by atoms with Crippen molar-refractivity contribution in [3.05, 3.63) is 96.1 Å². The van der Waals surface area contributed by atoms with Gasteiger partial charge in [-0.3, -0.25) is 4.79 Å². The van der Waals surface area contributed by atoms with Gasteiger partial charge in [0, 0.05) is 5.56 Å². The number of ether oxygens (including phenoxy) is 3. The van der Waals surface area contributed by atoms with Gasteiger partial charge in [0.25, 0.3) is 0 Å². The molecule has 0 aliphatic carbocycles. The van der Waals surface area contributed by atoms with Gasteiger partial charge in [0.2, 0.25) is 5.89 Å². The Morgan fingerprint density at radius 1 is 0.943 bits per heavy atom. The lowest BCUT2D eigenvalue weighted by Gasteiger charge is -2.12. The molecule has 6 nitrogen and oxygen atoms in total. The van der Waals surface area contributed by atoms with E-state index in [0.29, 0.717) is 52.7 Å². The van der Waals surface area contributed by atoms with Crippen LogP contribution in [-0.2, 0) is 0 Å². The van der Waals surface area contributed by atoms with Crippen molar-refractivity contribution in [2.45, 2.75) is 20.8 Å². The summed E-state index contributed by atoms with van der Waals surface area (Å²) in [5.41, 5.74) is 2.86. The number of fused-ring (bicyclic) bond motifs is 1. The molecule has 0 saturated heterocycles. The van der Waals surface area contributed by atoms with Crippen molar-refractivity contribution in [2.75, 3.05) is 13.2 Å². The predicted octanol–water partition coefficient (Wildman–Crippen LogP) is 6.96. The Labute approximate surface area is 204 Å². The number of para-hydroxylation sites is 2. The minimum absolute atomic E-state index is 0.221. The third-order valence-corrected chi connectivity index (χ3v) is 5.10. The first-order valence-electron chi connectivity index (χ1n) is 11.5. The molecule has 35 heavy (non-hydrogen) atoms. The number of ketones is 1. The summed E-state index contributed by atoms with van der Waals surface area (Å²) in [6, 6.07) is 19.9. The van der Waals surface area contributed by atoms with Crippen LogP contribution in [0.3, 0.4) is 0 Å². The molecule has 0 spiro atoms. The number of rotatable bonds is 10. The molecular formula is C29H27NO5. The molecule has 1 aromatic heterocycles. The molecule has 178 valence electrons. The number of aromatic nitrogens is 1. The molecule has 1 heterocycles. The van der Waals surface area contributed by atoms with E-state index in [1.165, 1.54) is 0 Å². The van der Waals surface area contributed by atoms with Gasteiger partial charge in [-0.1, -0.05) is 24.3 Å². The van der Waals surface area contributed by atoms with Crippen molar-refractivity contribution in [3.8, 4) is 17.2 Å². The smallest absolute Gasteiger partial charge is 0.231 e. The van der Waals surface area contributed by atoms with Crippen LogP contribution in [0.1, 0.15) is 42.6 Å². The molecule has 4 rings (SSSR count). The lowest BCUT2D eigenvalue weighted by Crippen LogP contribution is -2.04. The summed E-state index contributed by atoms with van der Waals surface area (Å²) >= 11 is 0. The van der Waals surface area contributed by atoms with Crippen LogP contribution in [0.5, 0.6) is 17.2 Å². The lowest BCUT2D eigenvalue weighted by atomic mass is 10.0. The topological polar surface area (TPSA) is 70.8 Å². The lowest BCUT2D eigenvalue weighted by molar-refractivity contribution is 0.105. The molecule has 0 aliphatic rings. The molecule has 0 fully saturated rings. The number of benzene rings is 3. The summed E-state index contributed by atoms with van der Waals surface area (Å²) in [7, 11) is 0. The van der Waals surface area contributed by atoms with Gasteiger partial charge in [0.1, 0.15) is 11.3 Å². The van der Waals surface area contributed by atoms with Crippen LogP contribution in [0.25, 0.3) is 22.7 Å². The van der Waals surface area contributed by atoms with E-state index in [1.807, 2.05) is 63.2 Å². The van der Waals surface area contributed by atoms with Crippen molar-refractivity contribution >= 4 is 28.5 Å². The number of nitrogens with zero attached hydrogens (tertiary/aromatic N) is 1. The summed E-state index contributed by atoms with van der Waals surface area (Å²) in [4.78, 5) is 18.2. The minimum Gasteiger partial charge on any atom is -0.490 e. The predicted molar refractivity (Wildman–Crippen MR) is 137 cm³/mol. The van der Waals surface area contributed by atoms with Crippen molar-refractivity contribution in [2.24, 2.45) is 0 Å². The average molecular weight is 470 g/mol. The normalized spacial score (nSPS) is 11.7. The molecule has 3 aromatic carbocycles. The SMILES string of the molecule is C/C=C/Oc1ccc(C(=O)/C(=C\c2ccc(OCC)c(OCC)c2)c2nc3ccccc3o2)cc1. The van der Waals surface area contributed by atoms with Gasteiger partial charge in [0.05, 0.1) is 25.0 Å². The maximum absolute atomic E-state index is 13.7. The summed E-state index contributed by atoms with van der Waals surface area (Å²) in [5, 5.41) is 0. The van der Waals surface area contributed by atoms with Crippen molar-refractivity contribution in [1.29, 1.82) is 0 Å². The highest BCUT2D eigenvalue weighted by atomic mass is 16.5. The quantitative estimate of drug-likeness (QED) is 0.142. The average Bonchev–Trinajstić information content (AvgIpc) is 3.31. The van der Waals surface area contributed by atoms with Gasteiger partial charge in [-0.15, -0.1) is 0 Å². The van der Waals surface area contributed by atoms with Crippen LogP contribution < -0.4 is 14.2 Å². The van der Waals surface area contributed by atoms with E-state index in [0.717, 1.165) is 5.56 Å². The highest BCUT2D eigenvalue weighted by molar-refractivity contribution is 6.31. The fourth-order valence-corrected chi connectivity index (χ4v) is 3.52. The number of carbonyl (C=O) groups is 1. The van der Waals surface area contributed by atoms with E-state index in [4.69, 9.17) is 18.6 Å². The van der Waals surface area contributed by atoms with E-state index in [-0.39, 0.29) is 11.7 Å². The molecule has 0 bridgehead atoms. The third kappa shape index (κ3) is 5.61. The highest BCUT2D eigenvalue weighted by Gasteiger charge is 2.21. The highest BCUT2D eigenvalue weighted by Crippen LogP contribution is 2.32. The number of carbonyl (C=O) groups excluding carboxylic acids is 1. The van der Waals surface area contributed by atoms with E-state index in [9.17, 15) is 4.79 Å².